The molecule has 6 nitrogen and oxygen atoms in total. The molecule has 1 aliphatic heterocycles. The first-order valence-electron chi connectivity index (χ1n) is 8.56. The number of amides is 1. The van der Waals surface area contributed by atoms with E-state index in [1.54, 1.807) is 0 Å². The number of rotatable bonds is 6. The Kier molecular flexibility index (Phi) is 5.35. The molecule has 1 aliphatic carbocycles. The van der Waals surface area contributed by atoms with Crippen molar-refractivity contribution in [3.8, 4) is 0 Å². The summed E-state index contributed by atoms with van der Waals surface area (Å²) in [5.74, 6) is -0.819. The van der Waals surface area contributed by atoms with E-state index in [1.807, 2.05) is 40.1 Å². The fourth-order valence-corrected chi connectivity index (χ4v) is 3.34. The molecule has 1 atom stereocenters. The number of carbonyl (C=O) groups is 2. The third-order valence-electron chi connectivity index (χ3n) is 4.59. The zero-order valence-electron chi connectivity index (χ0n) is 13.8. The molecule has 1 N–H and O–H groups in total. The molecule has 6 heteroatoms. The maximum Gasteiger partial charge on any atom is 0.410 e. The first-order chi connectivity index (χ1) is 11.6. The summed E-state index contributed by atoms with van der Waals surface area (Å²) in [6, 6.07) is 9.95. The summed E-state index contributed by atoms with van der Waals surface area (Å²) < 4.78 is 5.51. The summed E-state index contributed by atoms with van der Waals surface area (Å²) in [6.07, 6.45) is 3.56. The topological polar surface area (TPSA) is 70.1 Å². The molecular formula is C18H24N2O4. The molecule has 1 heterocycles. The fourth-order valence-electron chi connectivity index (χ4n) is 3.34. The van der Waals surface area contributed by atoms with Crippen molar-refractivity contribution in [2.75, 3.05) is 19.6 Å². The van der Waals surface area contributed by atoms with E-state index in [4.69, 9.17) is 9.84 Å². The van der Waals surface area contributed by atoms with Crippen LogP contribution in [0.5, 0.6) is 0 Å². The number of likely N-dealkylation sites (tertiary alicyclic amines) is 1. The molecule has 130 valence electrons. The smallest absolute Gasteiger partial charge is 0.410 e. The van der Waals surface area contributed by atoms with E-state index in [9.17, 15) is 9.59 Å². The Hall–Kier alpha value is -2.08. The maximum atomic E-state index is 12.6. The molecule has 2 aliphatic rings. The van der Waals surface area contributed by atoms with E-state index < -0.39 is 5.97 Å². The zero-order chi connectivity index (χ0) is 16.9. The number of hydrogen-bond acceptors (Lipinski definition) is 4. The molecule has 2 fully saturated rings. The summed E-state index contributed by atoms with van der Waals surface area (Å²) in [5.41, 5.74) is 0.970. The maximum absolute atomic E-state index is 12.6. The molecule has 0 spiro atoms. The molecule has 24 heavy (non-hydrogen) atoms. The van der Waals surface area contributed by atoms with Gasteiger partial charge in [0.1, 0.15) is 6.61 Å². The van der Waals surface area contributed by atoms with Gasteiger partial charge in [-0.25, -0.2) is 4.79 Å². The molecule has 1 aromatic rings. The Balaban J connectivity index is 1.59. The van der Waals surface area contributed by atoms with Crippen molar-refractivity contribution >= 4 is 12.1 Å². The van der Waals surface area contributed by atoms with Crippen molar-refractivity contribution in [3.63, 3.8) is 0 Å². The van der Waals surface area contributed by atoms with Crippen LogP contribution in [0, 0.1) is 0 Å². The summed E-state index contributed by atoms with van der Waals surface area (Å²) in [7, 11) is 0. The van der Waals surface area contributed by atoms with Crippen LogP contribution in [0.1, 0.15) is 31.2 Å². The van der Waals surface area contributed by atoms with Crippen LogP contribution in [0.25, 0.3) is 0 Å². The largest absolute Gasteiger partial charge is 0.480 e. The van der Waals surface area contributed by atoms with Crippen molar-refractivity contribution in [2.24, 2.45) is 0 Å². The van der Waals surface area contributed by atoms with Gasteiger partial charge in [0, 0.05) is 18.6 Å². The second-order valence-corrected chi connectivity index (χ2v) is 6.60. The molecule has 1 saturated carbocycles. The normalized spacial score (nSPS) is 21.2. The molecule has 1 amide bonds. The number of benzene rings is 1. The van der Waals surface area contributed by atoms with Crippen LogP contribution in [-0.4, -0.2) is 58.7 Å². The second kappa shape index (κ2) is 7.66. The van der Waals surface area contributed by atoms with Gasteiger partial charge in [-0.15, -0.1) is 0 Å². The van der Waals surface area contributed by atoms with E-state index in [0.717, 1.165) is 37.8 Å². The lowest BCUT2D eigenvalue weighted by atomic mass is 10.0. The highest BCUT2D eigenvalue weighted by atomic mass is 16.6. The summed E-state index contributed by atoms with van der Waals surface area (Å²) in [4.78, 5) is 27.3. The van der Waals surface area contributed by atoms with Gasteiger partial charge in [0.25, 0.3) is 0 Å². The van der Waals surface area contributed by atoms with Crippen LogP contribution in [0.15, 0.2) is 30.3 Å². The van der Waals surface area contributed by atoms with E-state index in [1.165, 1.54) is 0 Å². The number of hydrogen-bond donors (Lipinski definition) is 1. The van der Waals surface area contributed by atoms with Gasteiger partial charge < -0.3 is 14.7 Å². The lowest BCUT2D eigenvalue weighted by molar-refractivity contribution is -0.138. The lowest BCUT2D eigenvalue weighted by Gasteiger charge is -2.38. The quantitative estimate of drug-likeness (QED) is 0.866. The van der Waals surface area contributed by atoms with E-state index in [0.29, 0.717) is 6.54 Å². The number of carbonyl (C=O) groups excluding carboxylic acids is 1. The highest BCUT2D eigenvalue weighted by Gasteiger charge is 2.40. The predicted molar refractivity (Wildman–Crippen MR) is 88.6 cm³/mol. The van der Waals surface area contributed by atoms with Gasteiger partial charge in [-0.05, 0) is 37.8 Å². The molecule has 0 unspecified atom stereocenters. The molecule has 1 aromatic carbocycles. The zero-order valence-corrected chi connectivity index (χ0v) is 13.8. The molecule has 3 rings (SSSR count). The summed E-state index contributed by atoms with van der Waals surface area (Å²) in [5, 5.41) is 8.98. The van der Waals surface area contributed by atoms with Crippen molar-refractivity contribution in [1.82, 2.24) is 9.80 Å². The van der Waals surface area contributed by atoms with Crippen LogP contribution < -0.4 is 0 Å². The van der Waals surface area contributed by atoms with E-state index >= 15 is 0 Å². The third kappa shape index (κ3) is 4.47. The summed E-state index contributed by atoms with van der Waals surface area (Å²) >= 11 is 0. The number of piperidine rings is 1. The number of nitrogens with zero attached hydrogens (tertiary/aromatic N) is 2. The molecular weight excluding hydrogens is 308 g/mol. The monoisotopic (exact) mass is 332 g/mol. The van der Waals surface area contributed by atoms with E-state index in [2.05, 4.69) is 0 Å². The number of ether oxygens (including phenoxy) is 1. The minimum atomic E-state index is -0.819. The van der Waals surface area contributed by atoms with Crippen molar-refractivity contribution in [1.29, 1.82) is 0 Å². The van der Waals surface area contributed by atoms with Crippen LogP contribution in [0.2, 0.25) is 0 Å². The Morgan fingerprint density at radius 1 is 1.17 bits per heavy atom. The Morgan fingerprint density at radius 3 is 2.58 bits per heavy atom. The van der Waals surface area contributed by atoms with Gasteiger partial charge in [-0.2, -0.15) is 0 Å². The van der Waals surface area contributed by atoms with Gasteiger partial charge in [-0.3, -0.25) is 9.69 Å². The SMILES string of the molecule is O=C(O)CN1CCC[C@H](N(C(=O)OCc2ccccc2)C2CC2)C1. The fraction of sp³-hybridized carbons (Fsp3) is 0.556. The van der Waals surface area contributed by atoms with E-state index in [-0.39, 0.29) is 31.3 Å². The molecule has 0 radical (unpaired) electrons. The minimum Gasteiger partial charge on any atom is -0.480 e. The number of carboxylic acid groups (broad SMARTS) is 1. The van der Waals surface area contributed by atoms with Gasteiger partial charge in [0.15, 0.2) is 0 Å². The van der Waals surface area contributed by atoms with Crippen LogP contribution in [0.3, 0.4) is 0 Å². The highest BCUT2D eigenvalue weighted by Crippen LogP contribution is 2.32. The summed E-state index contributed by atoms with van der Waals surface area (Å²) in [6.45, 7) is 1.70. The van der Waals surface area contributed by atoms with Gasteiger partial charge in [-0.1, -0.05) is 30.3 Å². The van der Waals surface area contributed by atoms with Crippen molar-refractivity contribution in [3.05, 3.63) is 35.9 Å². The molecule has 1 saturated heterocycles. The molecule has 0 bridgehead atoms. The van der Waals surface area contributed by atoms with Crippen LogP contribution in [-0.2, 0) is 16.1 Å². The third-order valence-corrected chi connectivity index (χ3v) is 4.59. The lowest BCUT2D eigenvalue weighted by Crippen LogP contribution is -2.52. The minimum absolute atomic E-state index is 0.0358. The van der Waals surface area contributed by atoms with Gasteiger partial charge in [0.05, 0.1) is 6.54 Å². The standard InChI is InChI=1S/C18H24N2O4/c21-17(22)12-19-10-4-7-16(11-19)20(15-8-9-15)18(23)24-13-14-5-2-1-3-6-14/h1-3,5-6,15-16H,4,7-13H2,(H,21,22)/t16-/m0/s1. The Bertz CT molecular complexity index is 574. The van der Waals surface area contributed by atoms with Crippen LogP contribution in [0.4, 0.5) is 4.79 Å². The second-order valence-electron chi connectivity index (χ2n) is 6.60. The Morgan fingerprint density at radius 2 is 1.92 bits per heavy atom. The average Bonchev–Trinajstić information content (AvgIpc) is 3.39. The van der Waals surface area contributed by atoms with Crippen molar-refractivity contribution in [2.45, 2.75) is 44.4 Å². The van der Waals surface area contributed by atoms with Crippen LogP contribution >= 0.6 is 0 Å². The Labute approximate surface area is 142 Å². The highest BCUT2D eigenvalue weighted by molar-refractivity contribution is 5.70. The molecule has 0 aromatic heterocycles. The number of carboxylic acids is 1. The van der Waals surface area contributed by atoms with Gasteiger partial charge in [0.2, 0.25) is 0 Å². The first-order valence-corrected chi connectivity index (χ1v) is 8.56. The predicted octanol–water partition coefficient (Wildman–Crippen LogP) is 2.34. The number of aliphatic carboxylic acids is 1. The van der Waals surface area contributed by atoms with Crippen molar-refractivity contribution < 1.29 is 19.4 Å². The average molecular weight is 332 g/mol. The first kappa shape index (κ1) is 16.8. The van der Waals surface area contributed by atoms with Gasteiger partial charge >= 0.3 is 12.1 Å².